The van der Waals surface area contributed by atoms with E-state index in [2.05, 4.69) is 10.6 Å². The number of nitrogens with one attached hydrogen (secondary N) is 2. The molecular formula is C31H31ClFN3O7. The Kier molecular flexibility index (Phi) is 9.20. The highest BCUT2D eigenvalue weighted by atomic mass is 35.5. The molecule has 0 saturated carbocycles. The van der Waals surface area contributed by atoms with Gasteiger partial charge in [-0.05, 0) is 54.4 Å². The van der Waals surface area contributed by atoms with Gasteiger partial charge >= 0.3 is 0 Å². The zero-order chi connectivity index (χ0) is 30.5. The number of nitrogens with zero attached hydrogens (tertiary/aromatic N) is 1. The second-order valence-corrected chi connectivity index (χ2v) is 10.6. The van der Waals surface area contributed by atoms with Gasteiger partial charge in [0.25, 0.3) is 11.8 Å². The van der Waals surface area contributed by atoms with Crippen LogP contribution in [0.15, 0.2) is 54.6 Å². The van der Waals surface area contributed by atoms with E-state index in [0.29, 0.717) is 29.4 Å². The highest BCUT2D eigenvalue weighted by Crippen LogP contribution is 2.30. The monoisotopic (exact) mass is 611 g/mol. The lowest BCUT2D eigenvalue weighted by Gasteiger charge is -2.22. The van der Waals surface area contributed by atoms with Gasteiger partial charge in [-0.3, -0.25) is 14.4 Å². The average Bonchev–Trinajstić information content (AvgIpc) is 3.40. The molecule has 5 aliphatic heterocycles. The van der Waals surface area contributed by atoms with Crippen LogP contribution in [0.2, 0.25) is 5.02 Å². The Morgan fingerprint density at radius 3 is 2.58 bits per heavy atom. The first-order chi connectivity index (χ1) is 20.7. The molecule has 3 aromatic carbocycles. The maximum absolute atomic E-state index is 14.5. The van der Waals surface area contributed by atoms with E-state index in [-0.39, 0.29) is 49.2 Å². The Morgan fingerprint density at radius 2 is 1.79 bits per heavy atom. The summed E-state index contributed by atoms with van der Waals surface area (Å²) in [5, 5.41) is 6.03. The number of carbonyl (C=O) groups is 3. The first kappa shape index (κ1) is 30.0. The highest BCUT2D eigenvalue weighted by Gasteiger charge is 2.39. The van der Waals surface area contributed by atoms with Crippen molar-refractivity contribution in [1.29, 1.82) is 0 Å². The minimum absolute atomic E-state index is 0.0560. The lowest BCUT2D eigenvalue weighted by atomic mass is 10.1. The summed E-state index contributed by atoms with van der Waals surface area (Å²) in [6.07, 6.45) is 0.0431. The van der Waals surface area contributed by atoms with Crippen LogP contribution in [0.1, 0.15) is 27.9 Å². The van der Waals surface area contributed by atoms with Gasteiger partial charge in [-0.1, -0.05) is 17.7 Å². The smallest absolute Gasteiger partial charge is 0.258 e. The molecule has 0 aliphatic carbocycles. The maximum atomic E-state index is 14.5. The predicted molar refractivity (Wildman–Crippen MR) is 155 cm³/mol. The number of amides is 3. The summed E-state index contributed by atoms with van der Waals surface area (Å²) in [4.78, 5) is 40.3. The molecule has 3 amide bonds. The second kappa shape index (κ2) is 13.2. The van der Waals surface area contributed by atoms with Crippen LogP contribution in [0.3, 0.4) is 0 Å². The van der Waals surface area contributed by atoms with Crippen molar-refractivity contribution in [3.63, 3.8) is 0 Å². The molecule has 43 heavy (non-hydrogen) atoms. The summed E-state index contributed by atoms with van der Waals surface area (Å²) in [5.74, 6) is -0.173. The summed E-state index contributed by atoms with van der Waals surface area (Å²) in [7, 11) is 3.00. The van der Waals surface area contributed by atoms with Crippen LogP contribution in [0, 0.1) is 5.82 Å². The first-order valence-corrected chi connectivity index (χ1v) is 14.1. The molecule has 226 valence electrons. The van der Waals surface area contributed by atoms with Gasteiger partial charge in [-0.25, -0.2) is 4.39 Å². The van der Waals surface area contributed by atoms with Crippen LogP contribution in [0.25, 0.3) is 0 Å². The van der Waals surface area contributed by atoms with Crippen LogP contribution < -0.4 is 29.6 Å². The standard InChI is InChI=1S/C31H31ClFN3O7/c1-40-26-13-21-7-5-19(26)14-34-29(37)10-4-18-3-9-25(27(11-18)41-2)42-17-30(38)35-24-15-36(16-28(24)43-21)31(39)22-12-20(32)6-8-23(22)33/h3,5-9,11-13,24,28H,4,10,14-17H2,1-2H3,(H,34,37)(H,35,38)/t24-,28-/m1/s1. The Labute approximate surface area is 253 Å². The fourth-order valence-corrected chi connectivity index (χ4v) is 5.24. The van der Waals surface area contributed by atoms with E-state index in [1.54, 1.807) is 30.3 Å². The molecule has 5 aliphatic rings. The van der Waals surface area contributed by atoms with Gasteiger partial charge in [-0.15, -0.1) is 0 Å². The maximum Gasteiger partial charge on any atom is 0.258 e. The van der Waals surface area contributed by atoms with Crippen LogP contribution in [-0.2, 0) is 22.6 Å². The van der Waals surface area contributed by atoms with Crippen molar-refractivity contribution in [2.45, 2.75) is 31.5 Å². The molecule has 12 heteroatoms. The van der Waals surface area contributed by atoms with Crippen molar-refractivity contribution in [3.8, 4) is 23.0 Å². The number of rotatable bonds is 3. The van der Waals surface area contributed by atoms with Gasteiger partial charge in [0.1, 0.15) is 23.4 Å². The molecule has 4 bridgehead atoms. The third kappa shape index (κ3) is 7.11. The number of hydrogen-bond acceptors (Lipinski definition) is 7. The second-order valence-electron chi connectivity index (χ2n) is 10.2. The molecule has 5 heterocycles. The van der Waals surface area contributed by atoms with Gasteiger partial charge in [0, 0.05) is 36.2 Å². The lowest BCUT2D eigenvalue weighted by molar-refractivity contribution is -0.124. The van der Waals surface area contributed by atoms with Gasteiger partial charge < -0.3 is 34.5 Å². The molecule has 1 saturated heterocycles. The summed E-state index contributed by atoms with van der Waals surface area (Å²) in [6, 6.07) is 13.5. The van der Waals surface area contributed by atoms with Crippen molar-refractivity contribution in [2.24, 2.45) is 0 Å². The zero-order valence-corrected chi connectivity index (χ0v) is 24.4. The fourth-order valence-electron chi connectivity index (χ4n) is 5.07. The molecule has 0 unspecified atom stereocenters. The van der Waals surface area contributed by atoms with E-state index < -0.39 is 29.8 Å². The Balaban J connectivity index is 1.43. The van der Waals surface area contributed by atoms with Crippen LogP contribution in [0.5, 0.6) is 23.0 Å². The highest BCUT2D eigenvalue weighted by molar-refractivity contribution is 6.31. The molecule has 2 atom stereocenters. The quantitative estimate of drug-likeness (QED) is 0.466. The number of hydrogen-bond donors (Lipinski definition) is 2. The molecule has 3 aromatic rings. The van der Waals surface area contributed by atoms with Crippen molar-refractivity contribution in [1.82, 2.24) is 15.5 Å². The Bertz CT molecular complexity index is 1540. The lowest BCUT2D eigenvalue weighted by Crippen LogP contribution is -2.46. The molecule has 0 aromatic heterocycles. The Hall–Kier alpha value is -4.51. The van der Waals surface area contributed by atoms with E-state index in [1.165, 1.54) is 31.3 Å². The van der Waals surface area contributed by atoms with E-state index in [9.17, 15) is 18.8 Å². The number of ether oxygens (including phenoxy) is 4. The Morgan fingerprint density at radius 1 is 0.977 bits per heavy atom. The van der Waals surface area contributed by atoms with Crippen LogP contribution in [-0.4, -0.2) is 68.7 Å². The number of benzene rings is 3. The summed E-state index contributed by atoms with van der Waals surface area (Å²) in [6.45, 7) is 0.0289. The van der Waals surface area contributed by atoms with E-state index in [0.717, 1.165) is 17.2 Å². The topological polar surface area (TPSA) is 115 Å². The predicted octanol–water partition coefficient (Wildman–Crippen LogP) is 3.53. The van der Waals surface area contributed by atoms with Crippen LogP contribution >= 0.6 is 11.6 Å². The van der Waals surface area contributed by atoms with E-state index in [1.807, 2.05) is 6.07 Å². The molecule has 2 N–H and O–H groups in total. The summed E-state index contributed by atoms with van der Waals surface area (Å²) in [5.41, 5.74) is 1.43. The molecule has 1 fully saturated rings. The number of halogens is 2. The molecular weight excluding hydrogens is 581 g/mol. The third-order valence-electron chi connectivity index (χ3n) is 7.31. The zero-order valence-electron chi connectivity index (χ0n) is 23.7. The summed E-state index contributed by atoms with van der Waals surface area (Å²) < 4.78 is 37.5. The van der Waals surface area contributed by atoms with Gasteiger partial charge in [-0.2, -0.15) is 0 Å². The molecule has 0 spiro atoms. The normalized spacial score (nSPS) is 19.0. The number of methoxy groups -OCH3 is 2. The average molecular weight is 612 g/mol. The number of carbonyl (C=O) groups excluding carboxylic acids is 3. The van der Waals surface area contributed by atoms with Crippen LogP contribution in [0.4, 0.5) is 4.39 Å². The minimum atomic E-state index is -0.705. The fraction of sp³-hybridized carbons (Fsp3) is 0.323. The largest absolute Gasteiger partial charge is 0.496 e. The van der Waals surface area contributed by atoms with Crippen molar-refractivity contribution < 1.29 is 37.7 Å². The van der Waals surface area contributed by atoms with Crippen molar-refractivity contribution >= 4 is 29.3 Å². The molecule has 0 radical (unpaired) electrons. The SMILES string of the molecule is COc1cc2ccc1CNC(=O)CCc1ccc(c(OC)c1)OCC(=O)N[C@@H]1CN(C(=O)c3cc(Cl)ccc3F)C[C@H]1O2. The number of aryl methyl sites for hydroxylation is 1. The van der Waals surface area contributed by atoms with Crippen molar-refractivity contribution in [2.75, 3.05) is 33.9 Å². The van der Waals surface area contributed by atoms with E-state index in [4.69, 9.17) is 30.5 Å². The first-order valence-electron chi connectivity index (χ1n) is 13.7. The van der Waals surface area contributed by atoms with Gasteiger partial charge in [0.15, 0.2) is 18.1 Å². The van der Waals surface area contributed by atoms with Gasteiger partial charge in [0.05, 0.1) is 32.4 Å². The minimum Gasteiger partial charge on any atom is -0.496 e. The third-order valence-corrected chi connectivity index (χ3v) is 7.54. The van der Waals surface area contributed by atoms with Gasteiger partial charge in [0.2, 0.25) is 5.91 Å². The number of likely N-dealkylation sites (tertiary alicyclic amines) is 1. The molecule has 10 nitrogen and oxygen atoms in total. The van der Waals surface area contributed by atoms with Crippen molar-refractivity contribution in [3.05, 3.63) is 82.1 Å². The molecule has 8 rings (SSSR count). The van der Waals surface area contributed by atoms with E-state index >= 15 is 0 Å². The summed E-state index contributed by atoms with van der Waals surface area (Å²) >= 11 is 6.02.